The second-order valence-corrected chi connectivity index (χ2v) is 8.97. The lowest BCUT2D eigenvalue weighted by molar-refractivity contribution is 0.0989. The number of aryl methyl sites for hydroxylation is 2. The summed E-state index contributed by atoms with van der Waals surface area (Å²) in [6.45, 7) is 4.09. The highest BCUT2D eigenvalue weighted by molar-refractivity contribution is 8.02. The Hall–Kier alpha value is -2.43. The quantitative estimate of drug-likeness (QED) is 0.283. The molecule has 2 nitrogen and oxygen atoms in total. The second-order valence-electron chi connectivity index (χ2n) is 6.59. The molecule has 0 amide bonds. The molecule has 134 valence electrons. The van der Waals surface area contributed by atoms with E-state index in [-0.39, 0.29) is 11.0 Å². The fourth-order valence-electron chi connectivity index (χ4n) is 2.89. The molecule has 0 bridgehead atoms. The van der Waals surface area contributed by atoms with Gasteiger partial charge in [0.1, 0.15) is 0 Å². The maximum absolute atomic E-state index is 13.3. The second kappa shape index (κ2) is 7.67. The number of thioether (sulfide) groups is 1. The Morgan fingerprint density at radius 1 is 0.889 bits per heavy atom. The highest BCUT2D eigenvalue weighted by Gasteiger charge is 2.25. The summed E-state index contributed by atoms with van der Waals surface area (Å²) in [4.78, 5) is 18.0. The third kappa shape index (κ3) is 3.97. The van der Waals surface area contributed by atoms with Crippen molar-refractivity contribution in [3.05, 3.63) is 95.1 Å². The topological polar surface area (TPSA) is 30.0 Å². The number of para-hydroxylation sites is 1. The Kier molecular flexibility index (Phi) is 5.10. The molecular formula is C23H19NOS2. The number of thiazole rings is 1. The number of nitrogens with zero attached hydrogens (tertiary/aromatic N) is 1. The van der Waals surface area contributed by atoms with E-state index in [9.17, 15) is 4.79 Å². The molecule has 1 aromatic heterocycles. The van der Waals surface area contributed by atoms with Crippen molar-refractivity contribution in [2.24, 2.45) is 0 Å². The maximum atomic E-state index is 13.3. The largest absolute Gasteiger partial charge is 0.293 e. The number of benzene rings is 3. The van der Waals surface area contributed by atoms with E-state index in [0.29, 0.717) is 0 Å². The van der Waals surface area contributed by atoms with Gasteiger partial charge >= 0.3 is 0 Å². The van der Waals surface area contributed by atoms with Crippen LogP contribution in [0.15, 0.2) is 77.1 Å². The molecule has 0 radical (unpaired) electrons. The number of carbonyl (C=O) groups is 1. The molecule has 4 aromatic rings. The summed E-state index contributed by atoms with van der Waals surface area (Å²) in [6.07, 6.45) is 0. The smallest absolute Gasteiger partial charge is 0.180 e. The van der Waals surface area contributed by atoms with Gasteiger partial charge in [0.05, 0.1) is 15.5 Å². The van der Waals surface area contributed by atoms with E-state index in [1.807, 2.05) is 61.5 Å². The van der Waals surface area contributed by atoms with Crippen molar-refractivity contribution in [1.29, 1.82) is 0 Å². The van der Waals surface area contributed by atoms with Crippen LogP contribution in [0, 0.1) is 13.8 Å². The summed E-state index contributed by atoms with van der Waals surface area (Å²) in [5.74, 6) is 0.114. The summed E-state index contributed by atoms with van der Waals surface area (Å²) in [5.41, 5.74) is 5.06. The van der Waals surface area contributed by atoms with E-state index in [1.54, 1.807) is 11.3 Å². The number of hydrogen-bond acceptors (Lipinski definition) is 4. The van der Waals surface area contributed by atoms with Gasteiger partial charge in [-0.05, 0) is 31.5 Å². The Morgan fingerprint density at radius 2 is 1.52 bits per heavy atom. The fraction of sp³-hybridized carbons (Fsp3) is 0.130. The van der Waals surface area contributed by atoms with Gasteiger partial charge < -0.3 is 0 Å². The van der Waals surface area contributed by atoms with Crippen LogP contribution in [0.1, 0.15) is 32.3 Å². The van der Waals surface area contributed by atoms with Crippen molar-refractivity contribution in [3.8, 4) is 0 Å². The Labute approximate surface area is 167 Å². The average molecular weight is 390 g/mol. The van der Waals surface area contributed by atoms with Gasteiger partial charge in [-0.25, -0.2) is 4.98 Å². The summed E-state index contributed by atoms with van der Waals surface area (Å²) in [6, 6.07) is 24.1. The van der Waals surface area contributed by atoms with Gasteiger partial charge in [0.2, 0.25) is 0 Å². The minimum Gasteiger partial charge on any atom is -0.293 e. The fourth-order valence-corrected chi connectivity index (χ4v) is 5.22. The van der Waals surface area contributed by atoms with Gasteiger partial charge in [0.15, 0.2) is 10.1 Å². The molecule has 0 aliphatic carbocycles. The number of hydrogen-bond donors (Lipinski definition) is 0. The zero-order chi connectivity index (χ0) is 18.8. The van der Waals surface area contributed by atoms with Crippen molar-refractivity contribution < 1.29 is 4.79 Å². The van der Waals surface area contributed by atoms with Crippen LogP contribution < -0.4 is 0 Å². The summed E-state index contributed by atoms with van der Waals surface area (Å²) in [7, 11) is 0. The molecule has 27 heavy (non-hydrogen) atoms. The molecule has 0 N–H and O–H groups in total. The SMILES string of the molecule is Cc1ccc(C(=O)[C@H](Sc2nc3ccccc3s2)c2ccc(C)cc2)cc1. The standard InChI is InChI=1S/C23H19NOS2/c1-15-7-11-17(12-8-15)21(25)22(18-13-9-16(2)10-14-18)27-23-24-19-5-3-4-6-20(19)26-23/h3-14,22H,1-2H3/t22-/m1/s1. The highest BCUT2D eigenvalue weighted by atomic mass is 32.2. The van der Waals surface area contributed by atoms with Crippen LogP contribution in [0.2, 0.25) is 0 Å². The molecule has 0 aliphatic rings. The van der Waals surface area contributed by atoms with Crippen molar-refractivity contribution in [2.45, 2.75) is 23.4 Å². The zero-order valence-electron chi connectivity index (χ0n) is 15.2. The van der Waals surface area contributed by atoms with Crippen LogP contribution in [-0.2, 0) is 0 Å². The van der Waals surface area contributed by atoms with Crippen LogP contribution in [0.4, 0.5) is 0 Å². The van der Waals surface area contributed by atoms with Crippen molar-refractivity contribution in [1.82, 2.24) is 4.98 Å². The Balaban J connectivity index is 1.71. The van der Waals surface area contributed by atoms with Crippen LogP contribution in [-0.4, -0.2) is 10.8 Å². The number of rotatable bonds is 5. The van der Waals surface area contributed by atoms with Crippen LogP contribution in [0.25, 0.3) is 10.2 Å². The third-order valence-corrected chi connectivity index (χ3v) is 6.83. The van der Waals surface area contributed by atoms with Crippen LogP contribution in [0.5, 0.6) is 0 Å². The van der Waals surface area contributed by atoms with E-state index in [4.69, 9.17) is 4.98 Å². The lowest BCUT2D eigenvalue weighted by Gasteiger charge is -2.15. The van der Waals surface area contributed by atoms with E-state index in [0.717, 1.165) is 31.2 Å². The number of fused-ring (bicyclic) bond motifs is 1. The summed E-state index contributed by atoms with van der Waals surface area (Å²) >= 11 is 3.18. The normalized spacial score (nSPS) is 12.2. The van der Waals surface area contributed by atoms with E-state index >= 15 is 0 Å². The molecule has 0 saturated heterocycles. The lowest BCUT2D eigenvalue weighted by Crippen LogP contribution is -2.10. The Morgan fingerprint density at radius 3 is 2.19 bits per heavy atom. The van der Waals surface area contributed by atoms with E-state index in [2.05, 4.69) is 25.1 Å². The van der Waals surface area contributed by atoms with Crippen molar-refractivity contribution >= 4 is 39.1 Å². The third-order valence-electron chi connectivity index (χ3n) is 4.45. The molecule has 0 saturated carbocycles. The minimum absolute atomic E-state index is 0.114. The molecule has 0 spiro atoms. The number of aromatic nitrogens is 1. The number of ketones is 1. The van der Waals surface area contributed by atoms with Crippen molar-refractivity contribution in [2.75, 3.05) is 0 Å². The maximum Gasteiger partial charge on any atom is 0.180 e. The summed E-state index contributed by atoms with van der Waals surface area (Å²) < 4.78 is 2.06. The lowest BCUT2D eigenvalue weighted by atomic mass is 10.0. The molecule has 3 aromatic carbocycles. The first kappa shape index (κ1) is 18.0. The minimum atomic E-state index is -0.311. The molecule has 0 unspecified atom stereocenters. The van der Waals surface area contributed by atoms with Crippen molar-refractivity contribution in [3.63, 3.8) is 0 Å². The van der Waals surface area contributed by atoms with Crippen LogP contribution >= 0.6 is 23.1 Å². The summed E-state index contributed by atoms with van der Waals surface area (Å²) in [5, 5.41) is -0.311. The molecule has 4 rings (SSSR count). The Bertz CT molecular complexity index is 1050. The molecule has 4 heteroatoms. The van der Waals surface area contributed by atoms with Gasteiger partial charge in [-0.1, -0.05) is 83.6 Å². The molecule has 1 atom stereocenters. The first-order valence-electron chi connectivity index (χ1n) is 8.80. The first-order chi connectivity index (χ1) is 13.1. The molecular weight excluding hydrogens is 370 g/mol. The van der Waals surface area contributed by atoms with Crippen LogP contribution in [0.3, 0.4) is 0 Å². The zero-order valence-corrected chi connectivity index (χ0v) is 16.8. The van der Waals surface area contributed by atoms with Gasteiger partial charge in [-0.3, -0.25) is 4.79 Å². The number of carbonyl (C=O) groups excluding carboxylic acids is 1. The predicted molar refractivity (Wildman–Crippen MR) is 115 cm³/mol. The van der Waals surface area contributed by atoms with E-state index < -0.39 is 0 Å². The first-order valence-corrected chi connectivity index (χ1v) is 10.5. The predicted octanol–water partition coefficient (Wildman–Crippen LogP) is 6.63. The highest BCUT2D eigenvalue weighted by Crippen LogP contribution is 2.41. The van der Waals surface area contributed by atoms with Gasteiger partial charge in [-0.2, -0.15) is 0 Å². The molecule has 1 heterocycles. The molecule has 0 aliphatic heterocycles. The average Bonchev–Trinajstić information content (AvgIpc) is 3.10. The van der Waals surface area contributed by atoms with E-state index in [1.165, 1.54) is 17.3 Å². The number of Topliss-reactive ketones (excluding diaryl/α,β-unsaturated/α-hetero) is 1. The van der Waals surface area contributed by atoms with Gasteiger partial charge in [0, 0.05) is 5.56 Å². The monoisotopic (exact) mass is 389 g/mol. The van der Waals surface area contributed by atoms with Gasteiger partial charge in [0.25, 0.3) is 0 Å². The van der Waals surface area contributed by atoms with Gasteiger partial charge in [-0.15, -0.1) is 11.3 Å². The molecule has 0 fully saturated rings.